The standard InChI is InChI=1S/C29H19N3O5/c33-28-26(19-20-11-17-25(18-12-20)37-29(34)22-9-5-2-6-10-22)27(21-7-3-1-4-8-21)30-31(28)23-13-15-24(16-14-23)32(35)36/h1-19H/b26-19+. The maximum absolute atomic E-state index is 13.4. The Bertz CT molecular complexity index is 1530. The van der Waals surface area contributed by atoms with Gasteiger partial charge in [0.1, 0.15) is 11.5 Å². The van der Waals surface area contributed by atoms with Gasteiger partial charge in [0.15, 0.2) is 0 Å². The van der Waals surface area contributed by atoms with E-state index < -0.39 is 10.9 Å². The summed E-state index contributed by atoms with van der Waals surface area (Å²) >= 11 is 0. The minimum Gasteiger partial charge on any atom is -0.423 e. The monoisotopic (exact) mass is 489 g/mol. The molecule has 0 saturated carbocycles. The molecule has 1 aliphatic heterocycles. The topological polar surface area (TPSA) is 102 Å². The number of carbonyl (C=O) groups is 2. The quantitative estimate of drug-likeness (QED) is 0.115. The second-order valence-corrected chi connectivity index (χ2v) is 8.09. The van der Waals surface area contributed by atoms with Crippen LogP contribution in [0, 0.1) is 10.1 Å². The number of hydrogen-bond acceptors (Lipinski definition) is 6. The van der Waals surface area contributed by atoms with Gasteiger partial charge in [-0.25, -0.2) is 4.79 Å². The van der Waals surface area contributed by atoms with Crippen LogP contribution in [0.15, 0.2) is 120 Å². The zero-order valence-corrected chi connectivity index (χ0v) is 19.4. The van der Waals surface area contributed by atoms with Gasteiger partial charge in [-0.3, -0.25) is 14.9 Å². The van der Waals surface area contributed by atoms with Crippen LogP contribution >= 0.6 is 0 Å². The molecule has 180 valence electrons. The number of carbonyl (C=O) groups excluding carboxylic acids is 2. The van der Waals surface area contributed by atoms with Gasteiger partial charge >= 0.3 is 5.97 Å². The van der Waals surface area contributed by atoms with Crippen LogP contribution in [0.5, 0.6) is 5.75 Å². The van der Waals surface area contributed by atoms with Crippen molar-refractivity contribution in [2.24, 2.45) is 5.10 Å². The third-order valence-electron chi connectivity index (χ3n) is 5.64. The molecule has 1 amide bonds. The largest absolute Gasteiger partial charge is 0.423 e. The molecule has 0 aliphatic carbocycles. The van der Waals surface area contributed by atoms with Crippen LogP contribution in [0.4, 0.5) is 11.4 Å². The summed E-state index contributed by atoms with van der Waals surface area (Å²) < 4.78 is 5.43. The molecule has 8 heteroatoms. The van der Waals surface area contributed by atoms with Gasteiger partial charge in [0.2, 0.25) is 0 Å². The molecule has 0 unspecified atom stereocenters. The highest BCUT2D eigenvalue weighted by atomic mass is 16.6. The highest BCUT2D eigenvalue weighted by molar-refractivity contribution is 6.37. The van der Waals surface area contributed by atoms with Crippen LogP contribution in [0.3, 0.4) is 0 Å². The second-order valence-electron chi connectivity index (χ2n) is 8.09. The van der Waals surface area contributed by atoms with E-state index >= 15 is 0 Å². The molecule has 0 spiro atoms. The average Bonchev–Trinajstić information content (AvgIpc) is 3.26. The lowest BCUT2D eigenvalue weighted by molar-refractivity contribution is -0.384. The molecule has 8 nitrogen and oxygen atoms in total. The molecule has 4 aromatic carbocycles. The van der Waals surface area contributed by atoms with Gasteiger partial charge in [-0.2, -0.15) is 10.1 Å². The van der Waals surface area contributed by atoms with Crippen LogP contribution in [-0.2, 0) is 4.79 Å². The van der Waals surface area contributed by atoms with Crippen molar-refractivity contribution in [2.75, 3.05) is 5.01 Å². The predicted molar refractivity (Wildman–Crippen MR) is 139 cm³/mol. The highest BCUT2D eigenvalue weighted by Crippen LogP contribution is 2.29. The van der Waals surface area contributed by atoms with E-state index in [4.69, 9.17) is 4.74 Å². The Kier molecular flexibility index (Phi) is 6.37. The molecular formula is C29H19N3O5. The Hall–Kier alpha value is -5.37. The van der Waals surface area contributed by atoms with E-state index in [0.717, 1.165) is 5.56 Å². The summed E-state index contributed by atoms with van der Waals surface area (Å²) in [6.07, 6.45) is 1.71. The number of esters is 1. The molecule has 0 bridgehead atoms. The lowest BCUT2D eigenvalue weighted by Gasteiger charge is -2.11. The summed E-state index contributed by atoms with van der Waals surface area (Å²) in [5.41, 5.74) is 3.07. The van der Waals surface area contributed by atoms with Crippen LogP contribution in [-0.4, -0.2) is 22.5 Å². The van der Waals surface area contributed by atoms with E-state index in [1.165, 1.54) is 29.3 Å². The van der Waals surface area contributed by atoms with Crippen molar-refractivity contribution in [3.8, 4) is 5.75 Å². The summed E-state index contributed by atoms with van der Waals surface area (Å²) in [7, 11) is 0. The van der Waals surface area contributed by atoms with Crippen LogP contribution < -0.4 is 9.75 Å². The average molecular weight is 489 g/mol. The fraction of sp³-hybridized carbons (Fsp3) is 0. The Morgan fingerprint density at radius 1 is 0.838 bits per heavy atom. The molecule has 5 rings (SSSR count). The van der Waals surface area contributed by atoms with Crippen LogP contribution in [0.25, 0.3) is 6.08 Å². The van der Waals surface area contributed by atoms with Crippen LogP contribution in [0.2, 0.25) is 0 Å². The van der Waals surface area contributed by atoms with Gasteiger partial charge in [-0.1, -0.05) is 60.7 Å². The summed E-state index contributed by atoms with van der Waals surface area (Å²) in [6, 6.07) is 30.4. The first-order chi connectivity index (χ1) is 18.0. The van der Waals surface area contributed by atoms with Crippen molar-refractivity contribution in [1.29, 1.82) is 0 Å². The van der Waals surface area contributed by atoms with Gasteiger partial charge in [0, 0.05) is 17.7 Å². The minimum atomic E-state index is -0.500. The molecule has 0 aromatic heterocycles. The van der Waals surface area contributed by atoms with Crippen molar-refractivity contribution in [3.63, 3.8) is 0 Å². The smallest absolute Gasteiger partial charge is 0.343 e. The van der Waals surface area contributed by atoms with Crippen molar-refractivity contribution in [2.45, 2.75) is 0 Å². The molecule has 0 radical (unpaired) electrons. The first-order valence-electron chi connectivity index (χ1n) is 11.3. The first kappa shape index (κ1) is 23.4. The number of hydrazone groups is 1. The van der Waals surface area contributed by atoms with Gasteiger partial charge in [-0.15, -0.1) is 0 Å². The van der Waals surface area contributed by atoms with Gasteiger partial charge in [0.25, 0.3) is 11.6 Å². The number of nitrogens with zero attached hydrogens (tertiary/aromatic N) is 3. The van der Waals surface area contributed by atoms with Crippen molar-refractivity contribution in [1.82, 2.24) is 0 Å². The number of benzene rings is 4. The Labute approximate surface area is 211 Å². The molecule has 0 atom stereocenters. The summed E-state index contributed by atoms with van der Waals surface area (Å²) in [5.74, 6) is -0.458. The maximum atomic E-state index is 13.4. The molecule has 37 heavy (non-hydrogen) atoms. The number of non-ortho nitro benzene ring substituents is 1. The number of ether oxygens (including phenoxy) is 1. The third-order valence-corrected chi connectivity index (χ3v) is 5.64. The SMILES string of the molecule is O=C(Oc1ccc(/C=C2/C(=O)N(c3ccc([N+](=O)[O-])cc3)N=C2c2ccccc2)cc1)c1ccccc1. The fourth-order valence-electron chi connectivity index (χ4n) is 3.78. The number of nitro groups is 1. The van der Waals surface area contributed by atoms with Gasteiger partial charge in [0.05, 0.1) is 21.7 Å². The number of anilines is 1. The number of amides is 1. The summed E-state index contributed by atoms with van der Waals surface area (Å²) in [6.45, 7) is 0. The van der Waals surface area contributed by atoms with Gasteiger partial charge in [-0.05, 0) is 48.0 Å². The molecule has 1 heterocycles. The Morgan fingerprint density at radius 2 is 1.46 bits per heavy atom. The van der Waals surface area contributed by atoms with Crippen molar-refractivity contribution < 1.29 is 19.2 Å². The zero-order valence-electron chi connectivity index (χ0n) is 19.4. The van der Waals surface area contributed by atoms with E-state index in [0.29, 0.717) is 33.8 Å². The third kappa shape index (κ3) is 5.03. The Morgan fingerprint density at radius 3 is 2.08 bits per heavy atom. The molecule has 0 fully saturated rings. The normalized spacial score (nSPS) is 13.9. The summed E-state index contributed by atoms with van der Waals surface area (Å²) in [4.78, 5) is 36.2. The molecule has 4 aromatic rings. The summed E-state index contributed by atoms with van der Waals surface area (Å²) in [5, 5.41) is 16.8. The number of hydrogen-bond donors (Lipinski definition) is 0. The van der Waals surface area contributed by atoms with Gasteiger partial charge < -0.3 is 4.74 Å². The highest BCUT2D eigenvalue weighted by Gasteiger charge is 2.32. The lowest BCUT2D eigenvalue weighted by atomic mass is 10.0. The zero-order chi connectivity index (χ0) is 25.8. The Balaban J connectivity index is 1.44. The second kappa shape index (κ2) is 10.1. The molecule has 0 saturated heterocycles. The van der Waals surface area contributed by atoms with E-state index in [-0.39, 0.29) is 11.6 Å². The van der Waals surface area contributed by atoms with E-state index in [2.05, 4.69) is 5.10 Å². The van der Waals surface area contributed by atoms with Crippen LogP contribution in [0.1, 0.15) is 21.5 Å². The molecule has 1 aliphatic rings. The fourth-order valence-corrected chi connectivity index (χ4v) is 3.78. The molecule has 0 N–H and O–H groups in total. The van der Waals surface area contributed by atoms with E-state index in [1.54, 1.807) is 54.6 Å². The minimum absolute atomic E-state index is 0.0773. The number of nitro benzene ring substituents is 1. The first-order valence-corrected chi connectivity index (χ1v) is 11.3. The molecular weight excluding hydrogens is 470 g/mol. The van der Waals surface area contributed by atoms with E-state index in [1.807, 2.05) is 36.4 Å². The number of rotatable bonds is 6. The lowest BCUT2D eigenvalue weighted by Crippen LogP contribution is -2.21. The van der Waals surface area contributed by atoms with Crippen molar-refractivity contribution in [3.05, 3.63) is 142 Å². The maximum Gasteiger partial charge on any atom is 0.343 e. The predicted octanol–water partition coefficient (Wildman–Crippen LogP) is 5.65. The van der Waals surface area contributed by atoms with E-state index in [9.17, 15) is 19.7 Å². The van der Waals surface area contributed by atoms with Crippen molar-refractivity contribution >= 4 is 35.0 Å².